The molecule has 0 spiro atoms. The zero-order valence-corrected chi connectivity index (χ0v) is 18.4. The van der Waals surface area contributed by atoms with Crippen LogP contribution in [0.4, 0.5) is 4.39 Å². The van der Waals surface area contributed by atoms with Gasteiger partial charge in [0.25, 0.3) is 0 Å². The summed E-state index contributed by atoms with van der Waals surface area (Å²) in [5.74, 6) is -0.635. The molecule has 0 saturated carbocycles. The van der Waals surface area contributed by atoms with Gasteiger partial charge in [-0.2, -0.15) is 0 Å². The van der Waals surface area contributed by atoms with Crippen molar-refractivity contribution in [2.45, 2.75) is 6.92 Å². The molecular formula is C26H20FNO6. The number of halogens is 1. The van der Waals surface area contributed by atoms with Crippen LogP contribution in [0.1, 0.15) is 28.4 Å². The van der Waals surface area contributed by atoms with E-state index in [1.807, 2.05) is 0 Å². The maximum Gasteiger partial charge on any atom is 0.363 e. The molecule has 0 fully saturated rings. The average molecular weight is 461 g/mol. The molecule has 3 aromatic rings. The maximum atomic E-state index is 13.2. The largest absolute Gasteiger partial charge is 0.496 e. The Bertz CT molecular complexity index is 1300. The van der Waals surface area contributed by atoms with Crippen molar-refractivity contribution in [3.63, 3.8) is 0 Å². The van der Waals surface area contributed by atoms with Crippen LogP contribution < -0.4 is 14.2 Å². The molecule has 0 aromatic heterocycles. The highest BCUT2D eigenvalue weighted by Gasteiger charge is 2.24. The second kappa shape index (κ2) is 9.99. The monoisotopic (exact) mass is 461 g/mol. The van der Waals surface area contributed by atoms with Gasteiger partial charge in [-0.1, -0.05) is 18.2 Å². The number of carbonyl (C=O) groups is 2. The molecule has 1 heterocycles. The van der Waals surface area contributed by atoms with E-state index in [2.05, 4.69) is 4.99 Å². The zero-order chi connectivity index (χ0) is 24.1. The third-order valence-corrected chi connectivity index (χ3v) is 4.81. The van der Waals surface area contributed by atoms with E-state index in [1.54, 1.807) is 49.4 Å². The third kappa shape index (κ3) is 4.96. The van der Waals surface area contributed by atoms with Crippen LogP contribution in [0.25, 0.3) is 6.08 Å². The van der Waals surface area contributed by atoms with Gasteiger partial charge in [0, 0.05) is 5.56 Å². The molecule has 34 heavy (non-hydrogen) atoms. The van der Waals surface area contributed by atoms with E-state index in [0.29, 0.717) is 29.2 Å². The number of rotatable bonds is 7. The van der Waals surface area contributed by atoms with Crippen LogP contribution in [0.2, 0.25) is 0 Å². The molecule has 3 aromatic carbocycles. The van der Waals surface area contributed by atoms with Crippen molar-refractivity contribution in [1.82, 2.24) is 0 Å². The van der Waals surface area contributed by atoms with Gasteiger partial charge in [-0.05, 0) is 67.1 Å². The molecule has 1 aliphatic heterocycles. The lowest BCUT2D eigenvalue weighted by molar-refractivity contribution is -0.129. The first kappa shape index (κ1) is 22.7. The summed E-state index contributed by atoms with van der Waals surface area (Å²) in [6.45, 7) is 2.12. The second-order valence-corrected chi connectivity index (χ2v) is 7.07. The Morgan fingerprint density at radius 1 is 1.03 bits per heavy atom. The third-order valence-electron chi connectivity index (χ3n) is 4.81. The minimum Gasteiger partial charge on any atom is -0.496 e. The Kier molecular flexibility index (Phi) is 6.68. The molecule has 0 amide bonds. The number of hydrogen-bond donors (Lipinski definition) is 0. The number of para-hydroxylation sites is 1. The van der Waals surface area contributed by atoms with Crippen LogP contribution >= 0.6 is 0 Å². The predicted octanol–water partition coefficient (Wildman–Crippen LogP) is 4.80. The second-order valence-electron chi connectivity index (χ2n) is 7.07. The van der Waals surface area contributed by atoms with Crippen molar-refractivity contribution in [2.75, 3.05) is 13.7 Å². The van der Waals surface area contributed by atoms with Gasteiger partial charge in [-0.15, -0.1) is 0 Å². The molecule has 0 atom stereocenters. The van der Waals surface area contributed by atoms with Crippen molar-refractivity contribution in [2.24, 2.45) is 4.99 Å². The fourth-order valence-corrected chi connectivity index (χ4v) is 3.22. The van der Waals surface area contributed by atoms with Gasteiger partial charge in [0.2, 0.25) is 5.90 Å². The van der Waals surface area contributed by atoms with Crippen molar-refractivity contribution in [3.05, 3.63) is 94.9 Å². The Hall–Kier alpha value is -4.46. The van der Waals surface area contributed by atoms with Gasteiger partial charge in [0.15, 0.2) is 17.2 Å². The first-order valence-corrected chi connectivity index (χ1v) is 10.4. The molecule has 8 heteroatoms. The normalized spacial score (nSPS) is 13.9. The summed E-state index contributed by atoms with van der Waals surface area (Å²) in [5, 5.41) is 0. The van der Waals surface area contributed by atoms with E-state index >= 15 is 0 Å². The quantitative estimate of drug-likeness (QED) is 0.286. The highest BCUT2D eigenvalue weighted by atomic mass is 19.1. The molecule has 0 unspecified atom stereocenters. The molecule has 0 radical (unpaired) electrons. The van der Waals surface area contributed by atoms with Crippen LogP contribution in [-0.4, -0.2) is 31.6 Å². The fraction of sp³-hybridized carbons (Fsp3) is 0.115. The number of aliphatic imine (C=N–C) groups is 1. The van der Waals surface area contributed by atoms with E-state index in [4.69, 9.17) is 18.9 Å². The van der Waals surface area contributed by atoms with Crippen LogP contribution in [0.15, 0.2) is 77.4 Å². The topological polar surface area (TPSA) is 83.4 Å². The first-order valence-electron chi connectivity index (χ1n) is 10.4. The molecule has 4 rings (SSSR count). The Morgan fingerprint density at radius 2 is 1.79 bits per heavy atom. The summed E-state index contributed by atoms with van der Waals surface area (Å²) in [4.78, 5) is 29.2. The lowest BCUT2D eigenvalue weighted by atomic mass is 10.1. The number of benzene rings is 3. The van der Waals surface area contributed by atoms with Gasteiger partial charge in [-0.25, -0.2) is 19.0 Å². The summed E-state index contributed by atoms with van der Waals surface area (Å²) in [6.07, 6.45) is 1.52. The zero-order valence-electron chi connectivity index (χ0n) is 18.4. The fourth-order valence-electron chi connectivity index (χ4n) is 3.22. The number of carbonyl (C=O) groups excluding carboxylic acids is 2. The van der Waals surface area contributed by atoms with E-state index in [-0.39, 0.29) is 22.9 Å². The van der Waals surface area contributed by atoms with E-state index < -0.39 is 17.8 Å². The minimum absolute atomic E-state index is 0.0699. The summed E-state index contributed by atoms with van der Waals surface area (Å²) >= 11 is 0. The van der Waals surface area contributed by atoms with Crippen molar-refractivity contribution in [3.8, 4) is 17.2 Å². The molecular weight excluding hydrogens is 441 g/mol. The SMILES string of the molecule is CCOc1cc(C=C2N=C(c3ccc(F)cc3)OC2=O)ccc1OC(=O)c1ccccc1OC. The van der Waals surface area contributed by atoms with Crippen molar-refractivity contribution < 1.29 is 32.9 Å². The van der Waals surface area contributed by atoms with Gasteiger partial charge in [0.1, 0.15) is 17.1 Å². The highest BCUT2D eigenvalue weighted by molar-refractivity contribution is 6.12. The van der Waals surface area contributed by atoms with Crippen molar-refractivity contribution in [1.29, 1.82) is 0 Å². The van der Waals surface area contributed by atoms with Crippen LogP contribution in [0, 0.1) is 5.82 Å². The summed E-state index contributed by atoms with van der Waals surface area (Å²) < 4.78 is 34.8. The number of esters is 2. The number of hydrogen-bond acceptors (Lipinski definition) is 7. The minimum atomic E-state index is -0.635. The number of ether oxygens (including phenoxy) is 4. The van der Waals surface area contributed by atoms with Crippen LogP contribution in [0.3, 0.4) is 0 Å². The summed E-state index contributed by atoms with van der Waals surface area (Å²) in [7, 11) is 1.47. The number of methoxy groups -OCH3 is 1. The summed E-state index contributed by atoms with van der Waals surface area (Å²) in [5.41, 5.74) is 1.40. The lowest BCUT2D eigenvalue weighted by Crippen LogP contribution is -2.11. The molecule has 0 saturated heterocycles. The molecule has 0 N–H and O–H groups in total. The standard InChI is InChI=1S/C26H20FNO6/c1-3-32-23-15-16(8-13-22(23)33-25(29)19-6-4-5-7-21(19)31-2)14-20-26(30)34-24(28-20)17-9-11-18(27)12-10-17/h4-15H,3H2,1-2H3. The average Bonchev–Trinajstić information content (AvgIpc) is 3.21. The lowest BCUT2D eigenvalue weighted by Gasteiger charge is -2.12. The molecule has 172 valence electrons. The Labute approximate surface area is 195 Å². The molecule has 7 nitrogen and oxygen atoms in total. The predicted molar refractivity (Wildman–Crippen MR) is 123 cm³/mol. The first-order chi connectivity index (χ1) is 16.5. The van der Waals surface area contributed by atoms with Crippen LogP contribution in [0.5, 0.6) is 17.2 Å². The molecule has 0 bridgehead atoms. The Morgan fingerprint density at radius 3 is 2.53 bits per heavy atom. The van der Waals surface area contributed by atoms with Crippen molar-refractivity contribution >= 4 is 23.9 Å². The smallest absolute Gasteiger partial charge is 0.363 e. The van der Waals surface area contributed by atoms with E-state index in [1.165, 1.54) is 37.5 Å². The van der Waals surface area contributed by atoms with Gasteiger partial charge >= 0.3 is 11.9 Å². The van der Waals surface area contributed by atoms with Gasteiger partial charge < -0.3 is 18.9 Å². The maximum absolute atomic E-state index is 13.2. The number of cyclic esters (lactones) is 1. The van der Waals surface area contributed by atoms with E-state index in [9.17, 15) is 14.0 Å². The number of nitrogens with zero attached hydrogens (tertiary/aromatic N) is 1. The van der Waals surface area contributed by atoms with Gasteiger partial charge in [-0.3, -0.25) is 0 Å². The Balaban J connectivity index is 1.60. The molecule has 1 aliphatic rings. The molecule has 0 aliphatic carbocycles. The van der Waals surface area contributed by atoms with Crippen LogP contribution in [-0.2, 0) is 9.53 Å². The van der Waals surface area contributed by atoms with E-state index in [0.717, 1.165) is 0 Å². The van der Waals surface area contributed by atoms with Gasteiger partial charge in [0.05, 0.1) is 13.7 Å². The highest BCUT2D eigenvalue weighted by Crippen LogP contribution is 2.32. The summed E-state index contributed by atoms with van der Waals surface area (Å²) in [6, 6.07) is 17.0.